The number of hydrogen-bond acceptors (Lipinski definition) is 10. The fourth-order valence-electron chi connectivity index (χ4n) is 7.74. The summed E-state index contributed by atoms with van der Waals surface area (Å²) in [4.78, 5) is 52.0. The van der Waals surface area contributed by atoms with Crippen molar-refractivity contribution >= 4 is 103 Å². The van der Waals surface area contributed by atoms with Gasteiger partial charge < -0.3 is 31.1 Å². The van der Waals surface area contributed by atoms with Crippen LogP contribution in [0.1, 0.15) is 103 Å². The molecule has 16 heteroatoms. The highest BCUT2D eigenvalue weighted by atomic mass is 35.5. The summed E-state index contributed by atoms with van der Waals surface area (Å²) in [6, 6.07) is 25.7. The zero-order chi connectivity index (χ0) is 47.7. The molecule has 0 atom stereocenters. The first-order valence-corrected chi connectivity index (χ1v) is 21.3. The SMILES string of the molecule is Cc1ccc(C(=O)O)c(C(C)C)c1N=Nc1c(O)c(C(=O)Nc2cc(Cl)c(NC(=O)c3cc4ccccc4c(N=Nc4c(C)ccc(C(=O)O)c4C(C)C)c3O)cc2Cl)cc2ccccc12. The molecule has 334 valence electrons. The second-order valence-electron chi connectivity index (χ2n) is 16.1. The number of nitrogens with zero attached hydrogens (tertiary/aromatic N) is 4. The number of anilines is 2. The van der Waals surface area contributed by atoms with Crippen molar-refractivity contribution in [2.45, 2.75) is 53.4 Å². The van der Waals surface area contributed by atoms with E-state index in [9.17, 15) is 39.6 Å². The number of carboxylic acid groups (broad SMARTS) is 2. The Hall–Kier alpha value is -7.68. The van der Waals surface area contributed by atoms with Gasteiger partial charge in [-0.05, 0) is 95.1 Å². The normalized spacial score (nSPS) is 11.7. The summed E-state index contributed by atoms with van der Waals surface area (Å²) in [5.41, 5.74) is 2.70. The van der Waals surface area contributed by atoms with Crippen molar-refractivity contribution < 1.29 is 39.6 Å². The van der Waals surface area contributed by atoms with Gasteiger partial charge in [0.05, 0.1) is 55.0 Å². The van der Waals surface area contributed by atoms with Crippen LogP contribution >= 0.6 is 23.2 Å². The number of nitrogens with one attached hydrogen (secondary N) is 2. The van der Waals surface area contributed by atoms with Crippen LogP contribution in [0.4, 0.5) is 34.1 Å². The second kappa shape index (κ2) is 18.8. The minimum atomic E-state index is -1.12. The first-order valence-electron chi connectivity index (χ1n) is 20.6. The molecular weight excluding hydrogens is 883 g/mol. The molecule has 0 aliphatic heterocycles. The Labute approximate surface area is 388 Å². The van der Waals surface area contributed by atoms with Crippen LogP contribution in [0.25, 0.3) is 21.5 Å². The van der Waals surface area contributed by atoms with Crippen molar-refractivity contribution in [1.29, 1.82) is 0 Å². The number of rotatable bonds is 12. The van der Waals surface area contributed by atoms with Crippen LogP contribution < -0.4 is 10.6 Å². The highest BCUT2D eigenvalue weighted by Crippen LogP contribution is 2.44. The average molecular weight is 926 g/mol. The number of azo groups is 2. The lowest BCUT2D eigenvalue weighted by atomic mass is 9.93. The van der Waals surface area contributed by atoms with Crippen LogP contribution in [0.5, 0.6) is 11.5 Å². The number of phenolic OH excluding ortho intramolecular Hbond substituents is 2. The minimum Gasteiger partial charge on any atom is -0.505 e. The Morgan fingerprint density at radius 3 is 1.20 bits per heavy atom. The smallest absolute Gasteiger partial charge is 0.336 e. The van der Waals surface area contributed by atoms with Crippen molar-refractivity contribution in [2.24, 2.45) is 20.5 Å². The molecule has 0 aliphatic carbocycles. The van der Waals surface area contributed by atoms with E-state index in [1.165, 1.54) is 36.4 Å². The van der Waals surface area contributed by atoms with Crippen LogP contribution in [0.3, 0.4) is 0 Å². The third-order valence-electron chi connectivity index (χ3n) is 11.0. The van der Waals surface area contributed by atoms with Gasteiger partial charge in [-0.3, -0.25) is 9.59 Å². The number of carbonyl (C=O) groups excluding carboxylic acids is 2. The van der Waals surface area contributed by atoms with Gasteiger partial charge in [0.25, 0.3) is 11.8 Å². The van der Waals surface area contributed by atoms with Gasteiger partial charge in [0.2, 0.25) is 0 Å². The molecule has 0 saturated heterocycles. The molecule has 0 spiro atoms. The van der Waals surface area contributed by atoms with Crippen molar-refractivity contribution in [3.05, 3.63) is 152 Å². The summed E-state index contributed by atoms with van der Waals surface area (Å²) in [6.45, 7) is 10.9. The van der Waals surface area contributed by atoms with Crippen LogP contribution in [-0.4, -0.2) is 44.2 Å². The number of aryl methyl sites for hydroxylation is 2. The average Bonchev–Trinajstić information content (AvgIpc) is 3.27. The van der Waals surface area contributed by atoms with E-state index >= 15 is 0 Å². The maximum absolute atomic E-state index is 13.9. The molecule has 0 saturated carbocycles. The third kappa shape index (κ3) is 9.01. The number of aromatic hydroxyl groups is 2. The van der Waals surface area contributed by atoms with Gasteiger partial charge in [0.1, 0.15) is 11.4 Å². The predicted octanol–water partition coefficient (Wildman–Crippen LogP) is 14.3. The maximum atomic E-state index is 13.9. The molecule has 0 fully saturated rings. The molecule has 0 unspecified atom stereocenters. The zero-order valence-electron chi connectivity index (χ0n) is 36.4. The molecular formula is C50H42Cl2N6O8. The summed E-state index contributed by atoms with van der Waals surface area (Å²) in [7, 11) is 0. The lowest BCUT2D eigenvalue weighted by molar-refractivity contribution is 0.0684. The van der Waals surface area contributed by atoms with E-state index in [1.54, 1.807) is 74.5 Å². The van der Waals surface area contributed by atoms with Crippen LogP contribution in [0, 0.1) is 13.8 Å². The molecule has 6 N–H and O–H groups in total. The van der Waals surface area contributed by atoms with E-state index in [-0.39, 0.29) is 66.9 Å². The Bertz CT molecular complexity index is 3020. The summed E-state index contributed by atoms with van der Waals surface area (Å²) >= 11 is 13.3. The fraction of sp³-hybridized carbons (Fsp3) is 0.160. The van der Waals surface area contributed by atoms with Crippen LogP contribution in [0.15, 0.2) is 118 Å². The summed E-state index contributed by atoms with van der Waals surface area (Å²) in [5, 5.41) is 67.9. The lowest BCUT2D eigenvalue weighted by Gasteiger charge is -2.16. The van der Waals surface area contributed by atoms with Gasteiger partial charge in [-0.2, -0.15) is 0 Å². The van der Waals surface area contributed by atoms with E-state index in [0.717, 1.165) is 0 Å². The number of benzene rings is 7. The molecule has 14 nitrogen and oxygen atoms in total. The Kier molecular flexibility index (Phi) is 13.2. The molecule has 7 rings (SSSR count). The quantitative estimate of drug-likeness (QED) is 0.0645. The summed E-state index contributed by atoms with van der Waals surface area (Å²) in [6.07, 6.45) is 0. The molecule has 0 aromatic heterocycles. The van der Waals surface area contributed by atoms with E-state index in [0.29, 0.717) is 55.2 Å². The Morgan fingerprint density at radius 2 is 0.848 bits per heavy atom. The number of amides is 2. The topological polar surface area (TPSA) is 223 Å². The molecule has 7 aromatic carbocycles. The van der Waals surface area contributed by atoms with Gasteiger partial charge in [-0.15, -0.1) is 20.5 Å². The zero-order valence-corrected chi connectivity index (χ0v) is 37.9. The first-order chi connectivity index (χ1) is 31.4. The van der Waals surface area contributed by atoms with Crippen LogP contribution in [-0.2, 0) is 0 Å². The summed E-state index contributed by atoms with van der Waals surface area (Å²) in [5.74, 6) is -5.27. The Morgan fingerprint density at radius 1 is 0.500 bits per heavy atom. The van der Waals surface area contributed by atoms with E-state index in [1.807, 2.05) is 27.7 Å². The van der Waals surface area contributed by atoms with Crippen molar-refractivity contribution in [2.75, 3.05) is 10.6 Å². The molecule has 66 heavy (non-hydrogen) atoms. The van der Waals surface area contributed by atoms with Gasteiger partial charge in [-0.25, -0.2) is 9.59 Å². The number of carbonyl (C=O) groups is 4. The highest BCUT2D eigenvalue weighted by Gasteiger charge is 2.25. The van der Waals surface area contributed by atoms with Crippen molar-refractivity contribution in [1.82, 2.24) is 0 Å². The van der Waals surface area contributed by atoms with E-state index in [4.69, 9.17) is 23.2 Å². The maximum Gasteiger partial charge on any atom is 0.336 e. The molecule has 0 aliphatic rings. The number of hydrogen-bond donors (Lipinski definition) is 6. The lowest BCUT2D eigenvalue weighted by Crippen LogP contribution is -2.14. The largest absolute Gasteiger partial charge is 0.505 e. The van der Waals surface area contributed by atoms with Crippen molar-refractivity contribution in [3.8, 4) is 11.5 Å². The summed E-state index contributed by atoms with van der Waals surface area (Å²) < 4.78 is 0. The fourth-order valence-corrected chi connectivity index (χ4v) is 8.16. The monoisotopic (exact) mass is 924 g/mol. The van der Waals surface area contributed by atoms with Gasteiger partial charge >= 0.3 is 11.9 Å². The van der Waals surface area contributed by atoms with Gasteiger partial charge in [0.15, 0.2) is 11.5 Å². The minimum absolute atomic E-state index is 0.0281. The van der Waals surface area contributed by atoms with Crippen LogP contribution in [0.2, 0.25) is 10.0 Å². The van der Waals surface area contributed by atoms with E-state index < -0.39 is 35.3 Å². The highest BCUT2D eigenvalue weighted by molar-refractivity contribution is 6.38. The molecule has 2 amide bonds. The number of halogens is 2. The Balaban J connectivity index is 1.19. The van der Waals surface area contributed by atoms with Gasteiger partial charge in [-0.1, -0.05) is 112 Å². The number of aromatic carboxylic acids is 2. The number of fused-ring (bicyclic) bond motifs is 2. The third-order valence-corrected chi connectivity index (χ3v) is 11.6. The predicted molar refractivity (Wildman–Crippen MR) is 256 cm³/mol. The second-order valence-corrected chi connectivity index (χ2v) is 16.9. The van der Waals surface area contributed by atoms with Crippen molar-refractivity contribution in [3.63, 3.8) is 0 Å². The first kappa shape index (κ1) is 46.3. The molecule has 7 aromatic rings. The molecule has 0 bridgehead atoms. The molecule has 0 radical (unpaired) electrons. The number of carboxylic acids is 2. The number of phenols is 2. The molecule has 0 heterocycles. The standard InChI is InChI=1S/C50H42Cl2N6O8/c1-23(2)39-31(49(63)64)17-15-25(5)41(39)55-57-43-29-13-9-7-11-27(29)19-33(45(43)59)47(61)53-37-21-36(52)38(22-35(37)51)54-48(62)34-20-28-12-8-10-14-30(28)44(46(34)60)58-56-42-26(6)16-18-32(50(65)66)40(42)24(3)4/h7-24,59-60H,1-6H3,(H,53,61)(H,54,62)(H,63,64)(H,65,66). The van der Waals surface area contributed by atoms with Gasteiger partial charge in [0, 0.05) is 10.8 Å². The van der Waals surface area contributed by atoms with E-state index in [2.05, 4.69) is 31.1 Å².